The Morgan fingerprint density at radius 2 is 1.78 bits per heavy atom. The molecule has 1 heterocycles. The fourth-order valence-corrected chi connectivity index (χ4v) is 2.47. The number of benzene rings is 2. The van der Waals surface area contributed by atoms with Crippen LogP contribution in [0.2, 0.25) is 5.02 Å². The SMILES string of the molecule is O=C(NCCc1ccc(Cl)cc1)c1n[nH]c(=O)c2ccccc12. The monoisotopic (exact) mass is 327 g/mol. The van der Waals surface area contributed by atoms with Crippen molar-refractivity contribution in [1.82, 2.24) is 15.5 Å². The van der Waals surface area contributed by atoms with E-state index in [4.69, 9.17) is 11.6 Å². The van der Waals surface area contributed by atoms with E-state index >= 15 is 0 Å². The van der Waals surface area contributed by atoms with Gasteiger partial charge in [-0.25, -0.2) is 5.10 Å². The molecule has 116 valence electrons. The minimum absolute atomic E-state index is 0.219. The zero-order valence-corrected chi connectivity index (χ0v) is 12.9. The summed E-state index contributed by atoms with van der Waals surface area (Å²) >= 11 is 5.84. The zero-order chi connectivity index (χ0) is 16.2. The van der Waals surface area contributed by atoms with Crippen molar-refractivity contribution in [2.45, 2.75) is 6.42 Å². The molecule has 2 aromatic carbocycles. The minimum atomic E-state index is -0.314. The summed E-state index contributed by atoms with van der Waals surface area (Å²) in [6.07, 6.45) is 0.685. The highest BCUT2D eigenvalue weighted by Crippen LogP contribution is 2.12. The molecule has 3 rings (SSSR count). The third-order valence-corrected chi connectivity index (χ3v) is 3.78. The van der Waals surface area contributed by atoms with Gasteiger partial charge in [0.25, 0.3) is 11.5 Å². The number of hydrogen-bond donors (Lipinski definition) is 2. The normalized spacial score (nSPS) is 10.7. The Bertz CT molecular complexity index is 904. The van der Waals surface area contributed by atoms with Crippen LogP contribution in [0, 0.1) is 0 Å². The zero-order valence-electron chi connectivity index (χ0n) is 12.2. The molecule has 23 heavy (non-hydrogen) atoms. The number of carbonyl (C=O) groups is 1. The van der Waals surface area contributed by atoms with Crippen LogP contribution in [0.1, 0.15) is 16.1 Å². The van der Waals surface area contributed by atoms with Crippen molar-refractivity contribution < 1.29 is 4.79 Å². The van der Waals surface area contributed by atoms with Crippen LogP contribution in [0.25, 0.3) is 10.8 Å². The summed E-state index contributed by atoms with van der Waals surface area (Å²) < 4.78 is 0. The van der Waals surface area contributed by atoms with Crippen LogP contribution in [0.15, 0.2) is 53.3 Å². The number of nitrogens with one attached hydrogen (secondary N) is 2. The highest BCUT2D eigenvalue weighted by molar-refractivity contribution is 6.30. The van der Waals surface area contributed by atoms with Gasteiger partial charge in [0.05, 0.1) is 5.39 Å². The van der Waals surface area contributed by atoms with Gasteiger partial charge in [-0.3, -0.25) is 9.59 Å². The lowest BCUT2D eigenvalue weighted by Gasteiger charge is -2.07. The lowest BCUT2D eigenvalue weighted by atomic mass is 10.1. The van der Waals surface area contributed by atoms with Crippen LogP contribution in [-0.4, -0.2) is 22.6 Å². The van der Waals surface area contributed by atoms with E-state index in [1.54, 1.807) is 24.3 Å². The van der Waals surface area contributed by atoms with Crippen molar-refractivity contribution in [3.05, 3.63) is 75.2 Å². The van der Waals surface area contributed by atoms with E-state index < -0.39 is 0 Å². The Kier molecular flexibility index (Phi) is 4.39. The first-order valence-electron chi connectivity index (χ1n) is 7.15. The Balaban J connectivity index is 1.73. The first-order chi connectivity index (χ1) is 11.1. The van der Waals surface area contributed by atoms with E-state index in [1.165, 1.54) is 0 Å². The van der Waals surface area contributed by atoms with Crippen LogP contribution < -0.4 is 10.9 Å². The van der Waals surface area contributed by atoms with Gasteiger partial charge in [0.2, 0.25) is 0 Å². The van der Waals surface area contributed by atoms with Crippen LogP contribution in [0.5, 0.6) is 0 Å². The molecule has 0 aliphatic carbocycles. The first-order valence-corrected chi connectivity index (χ1v) is 7.53. The second-order valence-corrected chi connectivity index (χ2v) is 5.52. The smallest absolute Gasteiger partial charge is 0.272 e. The number of carbonyl (C=O) groups excluding carboxylic acids is 1. The van der Waals surface area contributed by atoms with Crippen molar-refractivity contribution in [2.24, 2.45) is 0 Å². The predicted molar refractivity (Wildman–Crippen MR) is 89.9 cm³/mol. The Hall–Kier alpha value is -2.66. The van der Waals surface area contributed by atoms with Gasteiger partial charge in [-0.2, -0.15) is 5.10 Å². The lowest BCUT2D eigenvalue weighted by Crippen LogP contribution is -2.28. The predicted octanol–water partition coefficient (Wildman–Crippen LogP) is 2.55. The molecule has 0 aliphatic heterocycles. The number of rotatable bonds is 4. The quantitative estimate of drug-likeness (QED) is 0.773. The molecule has 0 bridgehead atoms. The van der Waals surface area contributed by atoms with Gasteiger partial charge in [-0.15, -0.1) is 0 Å². The van der Waals surface area contributed by atoms with Gasteiger partial charge in [0.15, 0.2) is 5.69 Å². The molecule has 1 aromatic heterocycles. The van der Waals surface area contributed by atoms with Crippen LogP contribution in [0.4, 0.5) is 0 Å². The standard InChI is InChI=1S/C17H14ClN3O2/c18-12-7-5-11(6-8-12)9-10-19-17(23)15-13-3-1-2-4-14(13)16(22)21-20-15/h1-8H,9-10H2,(H,19,23)(H,21,22). The molecule has 0 fully saturated rings. The average molecular weight is 328 g/mol. The largest absolute Gasteiger partial charge is 0.350 e. The van der Waals surface area contributed by atoms with E-state index in [1.807, 2.05) is 24.3 Å². The summed E-state index contributed by atoms with van der Waals surface area (Å²) in [6.45, 7) is 0.468. The summed E-state index contributed by atoms with van der Waals surface area (Å²) in [4.78, 5) is 24.0. The summed E-state index contributed by atoms with van der Waals surface area (Å²) in [7, 11) is 0. The van der Waals surface area contributed by atoms with Crippen LogP contribution >= 0.6 is 11.6 Å². The average Bonchev–Trinajstić information content (AvgIpc) is 2.57. The summed E-state index contributed by atoms with van der Waals surface area (Å²) in [6, 6.07) is 14.4. The number of hydrogen-bond acceptors (Lipinski definition) is 3. The maximum Gasteiger partial charge on any atom is 0.272 e. The molecule has 0 unspecified atom stereocenters. The van der Waals surface area contributed by atoms with Crippen molar-refractivity contribution in [3.63, 3.8) is 0 Å². The van der Waals surface area contributed by atoms with Crippen molar-refractivity contribution >= 4 is 28.3 Å². The Morgan fingerprint density at radius 3 is 2.52 bits per heavy atom. The molecule has 0 aliphatic rings. The van der Waals surface area contributed by atoms with Crippen LogP contribution in [0.3, 0.4) is 0 Å². The van der Waals surface area contributed by atoms with E-state index in [0.717, 1.165) is 5.56 Å². The van der Waals surface area contributed by atoms with Gasteiger partial charge < -0.3 is 5.32 Å². The molecule has 5 nitrogen and oxygen atoms in total. The number of nitrogens with zero attached hydrogens (tertiary/aromatic N) is 1. The van der Waals surface area contributed by atoms with Gasteiger partial charge in [-0.05, 0) is 30.2 Å². The molecule has 6 heteroatoms. The van der Waals surface area contributed by atoms with E-state index in [0.29, 0.717) is 28.8 Å². The molecule has 0 atom stereocenters. The number of aromatic amines is 1. The van der Waals surface area contributed by atoms with Crippen LogP contribution in [-0.2, 0) is 6.42 Å². The second-order valence-electron chi connectivity index (χ2n) is 5.08. The van der Waals surface area contributed by atoms with Crippen molar-refractivity contribution in [1.29, 1.82) is 0 Å². The molecule has 0 saturated carbocycles. The van der Waals surface area contributed by atoms with Gasteiger partial charge in [-0.1, -0.05) is 41.9 Å². The number of H-pyrrole nitrogens is 1. The van der Waals surface area contributed by atoms with E-state index in [-0.39, 0.29) is 17.2 Å². The minimum Gasteiger partial charge on any atom is -0.350 e. The summed E-state index contributed by atoms with van der Waals surface area (Å²) in [5.74, 6) is -0.314. The number of fused-ring (bicyclic) bond motifs is 1. The second kappa shape index (κ2) is 6.62. The molecular formula is C17H14ClN3O2. The summed E-state index contributed by atoms with van der Waals surface area (Å²) in [5, 5.41) is 10.7. The maximum atomic E-state index is 12.3. The molecule has 2 N–H and O–H groups in total. The Morgan fingerprint density at radius 1 is 1.09 bits per heavy atom. The topological polar surface area (TPSA) is 74.8 Å². The lowest BCUT2D eigenvalue weighted by molar-refractivity contribution is 0.0950. The number of halogens is 1. The van der Waals surface area contributed by atoms with Gasteiger partial charge >= 0.3 is 0 Å². The summed E-state index contributed by atoms with van der Waals surface area (Å²) in [5.41, 5.74) is 0.989. The van der Waals surface area contributed by atoms with Gasteiger partial charge in [0, 0.05) is 17.0 Å². The molecular weight excluding hydrogens is 314 g/mol. The third kappa shape index (κ3) is 3.40. The molecule has 3 aromatic rings. The fourth-order valence-electron chi connectivity index (χ4n) is 2.34. The number of amides is 1. The molecule has 1 amide bonds. The Labute approximate surface area is 137 Å². The third-order valence-electron chi connectivity index (χ3n) is 3.52. The first kappa shape index (κ1) is 15.2. The van der Waals surface area contributed by atoms with Gasteiger partial charge in [0.1, 0.15) is 0 Å². The van der Waals surface area contributed by atoms with Crippen molar-refractivity contribution in [2.75, 3.05) is 6.54 Å². The molecule has 0 spiro atoms. The molecule has 0 radical (unpaired) electrons. The maximum absolute atomic E-state index is 12.3. The fraction of sp³-hybridized carbons (Fsp3) is 0.118. The highest BCUT2D eigenvalue weighted by atomic mass is 35.5. The van der Waals surface area contributed by atoms with Crippen molar-refractivity contribution in [3.8, 4) is 0 Å². The number of aromatic nitrogens is 2. The molecule has 0 saturated heterocycles. The van der Waals surface area contributed by atoms with E-state index in [2.05, 4.69) is 15.5 Å². The highest BCUT2D eigenvalue weighted by Gasteiger charge is 2.13. The van der Waals surface area contributed by atoms with E-state index in [9.17, 15) is 9.59 Å².